The second-order valence-electron chi connectivity index (χ2n) is 1.55. The summed E-state index contributed by atoms with van der Waals surface area (Å²) in [6, 6.07) is 0. The lowest BCUT2D eigenvalue weighted by molar-refractivity contribution is -0.119. The minimum Gasteiger partial charge on any atom is -0.360 e. The van der Waals surface area contributed by atoms with Crippen LogP contribution in [-0.4, -0.2) is 28.7 Å². The van der Waals surface area contributed by atoms with Crippen LogP contribution in [0.2, 0.25) is 0 Å². The zero-order chi connectivity index (χ0) is 6.85. The molecule has 1 aliphatic rings. The number of Topliss-reactive ketones (excluding diaryl/α,β-unsaturated/α-hetero) is 1. The summed E-state index contributed by atoms with van der Waals surface area (Å²) >= 11 is 0. The summed E-state index contributed by atoms with van der Waals surface area (Å²) in [7, 11) is 0. The van der Waals surface area contributed by atoms with Gasteiger partial charge in [0.25, 0.3) is 5.78 Å². The van der Waals surface area contributed by atoms with Gasteiger partial charge in [0.15, 0.2) is 0 Å². The number of hydrogen-bond donors (Lipinski definition) is 1. The van der Waals surface area contributed by atoms with E-state index in [2.05, 4.69) is 10.1 Å². The summed E-state index contributed by atoms with van der Waals surface area (Å²) in [6.45, 7) is -0.0573. The maximum absolute atomic E-state index is 10.4. The lowest BCUT2D eigenvalue weighted by atomic mass is 10.3. The van der Waals surface area contributed by atoms with Crippen molar-refractivity contribution in [3.05, 3.63) is 5.53 Å². The number of ketones is 1. The van der Waals surface area contributed by atoms with E-state index in [1.807, 2.05) is 0 Å². The first-order valence-electron chi connectivity index (χ1n) is 2.29. The predicted octanol–water partition coefficient (Wildman–Crippen LogP) is -1.64. The second-order valence-corrected chi connectivity index (χ2v) is 1.55. The van der Waals surface area contributed by atoms with Crippen LogP contribution in [0.5, 0.6) is 0 Å². The molecule has 46 valence electrons. The summed E-state index contributed by atoms with van der Waals surface area (Å²) in [6.07, 6.45) is 0. The van der Waals surface area contributed by atoms with E-state index in [4.69, 9.17) is 5.53 Å². The molecule has 0 aromatic carbocycles. The highest BCUT2D eigenvalue weighted by Gasteiger charge is 2.35. The average Bonchev–Trinajstić information content (AvgIpc) is 2.12. The molecule has 1 saturated heterocycles. The quantitative estimate of drug-likeness (QED) is 0.311. The molecule has 0 unspecified atom stereocenters. The molecule has 0 atom stereocenters. The molecule has 9 heavy (non-hydrogen) atoms. The summed E-state index contributed by atoms with van der Waals surface area (Å²) < 4.78 is 0. The molecular weight excluding hydrogens is 122 g/mol. The van der Waals surface area contributed by atoms with Gasteiger partial charge in [-0.3, -0.25) is 9.59 Å². The molecule has 5 nitrogen and oxygen atoms in total. The maximum Gasteiger partial charge on any atom is 0.423 e. The van der Waals surface area contributed by atoms with Gasteiger partial charge in [0.05, 0.1) is 6.54 Å². The second kappa shape index (κ2) is 1.80. The van der Waals surface area contributed by atoms with Gasteiger partial charge >= 0.3 is 11.6 Å². The van der Waals surface area contributed by atoms with Gasteiger partial charge in [-0.25, -0.2) is 0 Å². The normalized spacial score (nSPS) is 17.6. The van der Waals surface area contributed by atoms with Crippen molar-refractivity contribution in [1.82, 2.24) is 5.32 Å². The molecule has 0 bridgehead atoms. The molecule has 1 fully saturated rings. The first-order valence-corrected chi connectivity index (χ1v) is 2.29. The molecule has 1 rings (SSSR count). The zero-order valence-corrected chi connectivity index (χ0v) is 4.42. The number of amides is 1. The minimum absolute atomic E-state index is 0.0573. The van der Waals surface area contributed by atoms with E-state index in [0.29, 0.717) is 0 Å². The molecule has 0 spiro atoms. The van der Waals surface area contributed by atoms with E-state index in [1.54, 1.807) is 0 Å². The molecule has 5 heteroatoms. The topological polar surface area (TPSA) is 82.6 Å². The van der Waals surface area contributed by atoms with E-state index < -0.39 is 17.4 Å². The van der Waals surface area contributed by atoms with Crippen LogP contribution in [-0.2, 0) is 9.59 Å². The molecule has 0 radical (unpaired) electrons. The largest absolute Gasteiger partial charge is 0.423 e. The molecule has 1 aliphatic heterocycles. The Morgan fingerprint density at radius 3 is 2.44 bits per heavy atom. The third kappa shape index (κ3) is 0.729. The monoisotopic (exact) mass is 125 g/mol. The summed E-state index contributed by atoms with van der Waals surface area (Å²) in [5, 5.41) is 2.19. The zero-order valence-electron chi connectivity index (χ0n) is 4.42. The van der Waals surface area contributed by atoms with Crippen molar-refractivity contribution in [2.75, 3.05) is 6.54 Å². The summed E-state index contributed by atoms with van der Waals surface area (Å²) in [4.78, 5) is 23.3. The van der Waals surface area contributed by atoms with Crippen LogP contribution >= 0.6 is 0 Å². The van der Waals surface area contributed by atoms with Gasteiger partial charge in [0, 0.05) is 0 Å². The van der Waals surface area contributed by atoms with E-state index in [-0.39, 0.29) is 6.54 Å². The fourth-order valence-electron chi connectivity index (χ4n) is 0.556. The molecule has 0 saturated carbocycles. The minimum atomic E-state index is -0.609. The van der Waals surface area contributed by atoms with Crippen molar-refractivity contribution in [3.63, 3.8) is 0 Å². The average molecular weight is 125 g/mol. The highest BCUT2D eigenvalue weighted by atomic mass is 16.2. The smallest absolute Gasteiger partial charge is 0.360 e. The number of hydrogen-bond acceptors (Lipinski definition) is 2. The molecule has 1 heterocycles. The van der Waals surface area contributed by atoms with Crippen molar-refractivity contribution in [1.29, 1.82) is 0 Å². The molecule has 1 amide bonds. The number of carbonyl (C=O) groups excluding carboxylic acids is 2. The Morgan fingerprint density at radius 1 is 1.56 bits per heavy atom. The molecular formula is C4H3N3O2. The van der Waals surface area contributed by atoms with Gasteiger partial charge in [0.2, 0.25) is 0 Å². The third-order valence-corrected chi connectivity index (χ3v) is 0.989. The van der Waals surface area contributed by atoms with E-state index in [1.165, 1.54) is 0 Å². The lowest BCUT2D eigenvalue weighted by Gasteiger charge is -1.74. The first-order chi connectivity index (χ1) is 4.25. The Bertz CT molecular complexity index is 208. The fraction of sp³-hybridized carbons (Fsp3) is 0.250. The van der Waals surface area contributed by atoms with Gasteiger partial charge < -0.3 is 10.8 Å². The van der Waals surface area contributed by atoms with Gasteiger partial charge in [0.1, 0.15) is 0 Å². The van der Waals surface area contributed by atoms with Gasteiger partial charge in [-0.2, -0.15) is 4.79 Å². The lowest BCUT2D eigenvalue weighted by Crippen LogP contribution is -2.20. The first kappa shape index (κ1) is 5.65. The van der Waals surface area contributed by atoms with Crippen molar-refractivity contribution >= 4 is 17.4 Å². The summed E-state index contributed by atoms with van der Waals surface area (Å²) in [5.74, 6) is -1.08. The summed E-state index contributed by atoms with van der Waals surface area (Å²) in [5.41, 5.74) is 7.61. The van der Waals surface area contributed by atoms with Gasteiger partial charge in [-0.1, -0.05) is 0 Å². The molecule has 0 aromatic rings. The molecule has 1 N–H and O–H groups in total. The van der Waals surface area contributed by atoms with E-state index in [9.17, 15) is 9.59 Å². The standard InChI is InChI=1S/C4H3N3O2/c5-7-3-2(8)1-6-4(3)9/h1H2,(H,6,9). The van der Waals surface area contributed by atoms with Gasteiger partial charge in [-0.15, -0.1) is 0 Å². The van der Waals surface area contributed by atoms with Crippen molar-refractivity contribution in [3.8, 4) is 0 Å². The van der Waals surface area contributed by atoms with E-state index >= 15 is 0 Å². The van der Waals surface area contributed by atoms with Crippen molar-refractivity contribution in [2.24, 2.45) is 0 Å². The van der Waals surface area contributed by atoms with E-state index in [0.717, 1.165) is 0 Å². The van der Waals surface area contributed by atoms with Crippen molar-refractivity contribution < 1.29 is 14.4 Å². The molecule has 0 aromatic heterocycles. The Kier molecular flexibility index (Phi) is 1.13. The maximum atomic E-state index is 10.4. The Hall–Kier alpha value is -1.48. The third-order valence-electron chi connectivity index (χ3n) is 0.989. The van der Waals surface area contributed by atoms with Crippen LogP contribution in [0.4, 0.5) is 0 Å². The van der Waals surface area contributed by atoms with Crippen LogP contribution in [0.1, 0.15) is 0 Å². The molecule has 0 aliphatic carbocycles. The van der Waals surface area contributed by atoms with Crippen LogP contribution in [0, 0.1) is 0 Å². The number of nitrogens with zero attached hydrogens (tertiary/aromatic N) is 2. The highest BCUT2D eigenvalue weighted by molar-refractivity contribution is 6.67. The number of carbonyl (C=O) groups is 2. The van der Waals surface area contributed by atoms with Crippen LogP contribution in [0.3, 0.4) is 0 Å². The number of rotatable bonds is 0. The predicted molar refractivity (Wildman–Crippen MR) is 26.6 cm³/mol. The highest BCUT2D eigenvalue weighted by Crippen LogP contribution is 1.84. The number of nitrogens with one attached hydrogen (secondary N) is 1. The van der Waals surface area contributed by atoms with Crippen molar-refractivity contribution in [2.45, 2.75) is 0 Å². The van der Waals surface area contributed by atoms with Crippen LogP contribution in [0.25, 0.3) is 5.53 Å². The Balaban J connectivity index is 3.05. The van der Waals surface area contributed by atoms with Gasteiger partial charge in [-0.05, 0) is 0 Å². The Morgan fingerprint density at radius 2 is 2.22 bits per heavy atom. The van der Waals surface area contributed by atoms with Crippen LogP contribution < -0.4 is 5.32 Å². The Labute approximate surface area is 50.3 Å². The van der Waals surface area contributed by atoms with Crippen LogP contribution in [0.15, 0.2) is 0 Å². The SMILES string of the molecule is [N-]=[N+]=C1C(=O)CNC1=O. The fourth-order valence-corrected chi connectivity index (χ4v) is 0.556.